The predicted octanol–water partition coefficient (Wildman–Crippen LogP) is 0.877. The van der Waals surface area contributed by atoms with Gasteiger partial charge in [-0.25, -0.2) is 9.59 Å². The van der Waals surface area contributed by atoms with Crippen LogP contribution in [-0.4, -0.2) is 50.3 Å². The number of piperazine rings is 1. The Morgan fingerprint density at radius 1 is 1.16 bits per heavy atom. The van der Waals surface area contributed by atoms with E-state index in [0.717, 1.165) is 13.1 Å². The molecule has 102 valence electrons. The van der Waals surface area contributed by atoms with E-state index in [-0.39, 0.29) is 6.09 Å². The highest BCUT2D eigenvalue weighted by atomic mass is 16.6. The number of hydrogen-bond acceptors (Lipinski definition) is 5. The summed E-state index contributed by atoms with van der Waals surface area (Å²) in [6.45, 7) is 2.82. The fourth-order valence-corrected chi connectivity index (χ4v) is 1.79. The van der Waals surface area contributed by atoms with E-state index in [1.54, 1.807) is 29.2 Å². The summed E-state index contributed by atoms with van der Waals surface area (Å²) in [6, 6.07) is 6.27. The summed E-state index contributed by atoms with van der Waals surface area (Å²) in [5.74, 6) is -0.00355. The van der Waals surface area contributed by atoms with Crippen LogP contribution in [0.25, 0.3) is 0 Å². The lowest BCUT2D eigenvalue weighted by Crippen LogP contribution is -2.47. The van der Waals surface area contributed by atoms with E-state index in [4.69, 9.17) is 4.74 Å². The van der Waals surface area contributed by atoms with E-state index in [1.807, 2.05) is 0 Å². The summed E-state index contributed by atoms with van der Waals surface area (Å²) in [6.07, 6.45) is -0.368. The number of nitrogens with zero attached hydrogens (tertiary/aromatic N) is 1. The molecule has 6 nitrogen and oxygen atoms in total. The number of rotatable bonds is 2. The van der Waals surface area contributed by atoms with Gasteiger partial charge in [-0.3, -0.25) is 0 Å². The summed E-state index contributed by atoms with van der Waals surface area (Å²) >= 11 is 0. The van der Waals surface area contributed by atoms with Gasteiger partial charge in [0.25, 0.3) is 0 Å². The second kappa shape index (κ2) is 6.19. The van der Waals surface area contributed by atoms with Gasteiger partial charge in [-0.05, 0) is 24.3 Å². The van der Waals surface area contributed by atoms with Crippen LogP contribution in [0.3, 0.4) is 0 Å². The SMILES string of the molecule is COC(=O)c1ccc(OC(=O)N2CCNCC2)cc1. The molecular formula is C13H16N2O4. The maximum absolute atomic E-state index is 11.8. The second-order valence-corrected chi connectivity index (χ2v) is 4.12. The quantitative estimate of drug-likeness (QED) is 0.803. The molecule has 1 saturated heterocycles. The maximum Gasteiger partial charge on any atom is 0.415 e. The molecule has 0 aliphatic carbocycles. The van der Waals surface area contributed by atoms with Crippen LogP contribution in [0.1, 0.15) is 10.4 Å². The largest absolute Gasteiger partial charge is 0.465 e. The van der Waals surface area contributed by atoms with Crippen LogP contribution in [0.5, 0.6) is 5.75 Å². The number of carbonyl (C=O) groups is 2. The van der Waals surface area contributed by atoms with Crippen molar-refractivity contribution in [3.8, 4) is 5.75 Å². The molecule has 0 aromatic heterocycles. The number of carbonyl (C=O) groups excluding carboxylic acids is 2. The van der Waals surface area contributed by atoms with Gasteiger partial charge in [-0.2, -0.15) is 0 Å². The van der Waals surface area contributed by atoms with E-state index in [0.29, 0.717) is 24.4 Å². The Bertz CT molecular complexity index is 452. The monoisotopic (exact) mass is 264 g/mol. The lowest BCUT2D eigenvalue weighted by molar-refractivity contribution is 0.0600. The number of amides is 1. The van der Waals surface area contributed by atoms with E-state index < -0.39 is 5.97 Å². The van der Waals surface area contributed by atoms with Crippen LogP contribution in [0, 0.1) is 0 Å². The molecule has 6 heteroatoms. The first-order chi connectivity index (χ1) is 9.20. The van der Waals surface area contributed by atoms with Crippen LogP contribution in [0.2, 0.25) is 0 Å². The van der Waals surface area contributed by atoms with Gasteiger partial charge >= 0.3 is 12.1 Å². The number of benzene rings is 1. The van der Waals surface area contributed by atoms with Crippen molar-refractivity contribution < 1.29 is 19.1 Å². The summed E-state index contributed by atoms with van der Waals surface area (Å²) in [5, 5.41) is 3.16. The molecule has 1 aromatic carbocycles. The van der Waals surface area contributed by atoms with Crippen molar-refractivity contribution in [2.45, 2.75) is 0 Å². The molecule has 2 rings (SSSR count). The lowest BCUT2D eigenvalue weighted by Gasteiger charge is -2.26. The van der Waals surface area contributed by atoms with Crippen LogP contribution in [0.15, 0.2) is 24.3 Å². The molecule has 0 atom stereocenters. The van der Waals surface area contributed by atoms with Gasteiger partial charge in [-0.1, -0.05) is 0 Å². The van der Waals surface area contributed by atoms with Gasteiger partial charge in [0.15, 0.2) is 0 Å². The van der Waals surface area contributed by atoms with Crippen molar-refractivity contribution in [3.05, 3.63) is 29.8 Å². The van der Waals surface area contributed by atoms with Crippen LogP contribution in [0.4, 0.5) is 4.79 Å². The molecule has 0 spiro atoms. The molecule has 0 unspecified atom stereocenters. The van der Waals surface area contributed by atoms with Gasteiger partial charge in [0.2, 0.25) is 0 Å². The third-order valence-corrected chi connectivity index (χ3v) is 2.86. The fourth-order valence-electron chi connectivity index (χ4n) is 1.79. The van der Waals surface area contributed by atoms with Gasteiger partial charge in [0, 0.05) is 26.2 Å². The summed E-state index contributed by atoms with van der Waals surface area (Å²) in [7, 11) is 1.32. The van der Waals surface area contributed by atoms with E-state index >= 15 is 0 Å². The molecule has 1 heterocycles. The number of nitrogens with one attached hydrogen (secondary N) is 1. The number of ether oxygens (including phenoxy) is 2. The summed E-state index contributed by atoms with van der Waals surface area (Å²) < 4.78 is 9.82. The first kappa shape index (κ1) is 13.4. The Labute approximate surface area is 111 Å². The molecule has 0 radical (unpaired) electrons. The van der Waals surface area contributed by atoms with Gasteiger partial charge in [0.1, 0.15) is 5.75 Å². The Balaban J connectivity index is 1.95. The van der Waals surface area contributed by atoms with Gasteiger partial charge < -0.3 is 19.7 Å². The molecule has 1 N–H and O–H groups in total. The van der Waals surface area contributed by atoms with Gasteiger partial charge in [-0.15, -0.1) is 0 Å². The normalized spacial score (nSPS) is 14.9. The van der Waals surface area contributed by atoms with Crippen LogP contribution in [-0.2, 0) is 4.74 Å². The fraction of sp³-hybridized carbons (Fsp3) is 0.385. The number of methoxy groups -OCH3 is 1. The molecule has 0 bridgehead atoms. The Hall–Kier alpha value is -2.08. The summed E-state index contributed by atoms with van der Waals surface area (Å²) in [5.41, 5.74) is 0.421. The number of hydrogen-bond donors (Lipinski definition) is 1. The molecule has 0 saturated carbocycles. The first-order valence-electron chi connectivity index (χ1n) is 6.06. The third kappa shape index (κ3) is 3.45. The molecule has 1 aliphatic rings. The van der Waals surface area contributed by atoms with Crippen LogP contribution < -0.4 is 10.1 Å². The van der Waals surface area contributed by atoms with Crippen molar-refractivity contribution in [3.63, 3.8) is 0 Å². The van der Waals surface area contributed by atoms with Crippen molar-refractivity contribution in [2.24, 2.45) is 0 Å². The average molecular weight is 264 g/mol. The third-order valence-electron chi connectivity index (χ3n) is 2.86. The Kier molecular flexibility index (Phi) is 4.35. The average Bonchev–Trinajstić information content (AvgIpc) is 2.48. The second-order valence-electron chi connectivity index (χ2n) is 4.12. The van der Waals surface area contributed by atoms with Crippen LogP contribution >= 0.6 is 0 Å². The summed E-state index contributed by atoms with van der Waals surface area (Å²) in [4.78, 5) is 24.7. The molecule has 1 aliphatic heterocycles. The highest BCUT2D eigenvalue weighted by molar-refractivity contribution is 5.89. The van der Waals surface area contributed by atoms with E-state index in [2.05, 4.69) is 10.1 Å². The van der Waals surface area contributed by atoms with Crippen molar-refractivity contribution in [2.75, 3.05) is 33.3 Å². The molecular weight excluding hydrogens is 248 g/mol. The molecule has 1 aromatic rings. The van der Waals surface area contributed by atoms with Crippen molar-refractivity contribution in [1.82, 2.24) is 10.2 Å². The zero-order valence-electron chi connectivity index (χ0n) is 10.7. The van der Waals surface area contributed by atoms with E-state index in [9.17, 15) is 9.59 Å². The zero-order valence-corrected chi connectivity index (χ0v) is 10.7. The Morgan fingerprint density at radius 2 is 1.79 bits per heavy atom. The van der Waals surface area contributed by atoms with Gasteiger partial charge in [0.05, 0.1) is 12.7 Å². The Morgan fingerprint density at radius 3 is 2.37 bits per heavy atom. The minimum absolute atomic E-state index is 0.368. The van der Waals surface area contributed by atoms with E-state index in [1.165, 1.54) is 7.11 Å². The topological polar surface area (TPSA) is 67.9 Å². The predicted molar refractivity (Wildman–Crippen MR) is 68.2 cm³/mol. The highest BCUT2D eigenvalue weighted by Crippen LogP contribution is 2.14. The maximum atomic E-state index is 11.8. The minimum atomic E-state index is -0.417. The number of esters is 1. The molecule has 1 fully saturated rings. The molecule has 1 amide bonds. The first-order valence-corrected chi connectivity index (χ1v) is 6.06. The highest BCUT2D eigenvalue weighted by Gasteiger charge is 2.18. The minimum Gasteiger partial charge on any atom is -0.465 e. The lowest BCUT2D eigenvalue weighted by atomic mass is 10.2. The smallest absolute Gasteiger partial charge is 0.415 e. The van der Waals surface area contributed by atoms with Crippen molar-refractivity contribution >= 4 is 12.1 Å². The standard InChI is InChI=1S/C13H16N2O4/c1-18-12(16)10-2-4-11(5-3-10)19-13(17)15-8-6-14-7-9-15/h2-5,14H,6-9H2,1H3. The van der Waals surface area contributed by atoms with Crippen molar-refractivity contribution in [1.29, 1.82) is 0 Å². The zero-order chi connectivity index (χ0) is 13.7. The molecule has 19 heavy (non-hydrogen) atoms.